The number of halogens is 1. The Labute approximate surface area is 115 Å². The maximum absolute atomic E-state index is 6.64. The van der Waals surface area contributed by atoms with Gasteiger partial charge in [-0.2, -0.15) is 0 Å². The molecule has 1 saturated carbocycles. The van der Waals surface area contributed by atoms with Gasteiger partial charge in [0.05, 0.1) is 12.0 Å². The first-order valence-electron chi connectivity index (χ1n) is 6.94. The summed E-state index contributed by atoms with van der Waals surface area (Å²) in [5, 5.41) is 0.180. The van der Waals surface area contributed by atoms with E-state index in [1.54, 1.807) is 7.11 Å². The van der Waals surface area contributed by atoms with Crippen LogP contribution in [-0.4, -0.2) is 13.7 Å². The Morgan fingerprint density at radius 2 is 2.00 bits per heavy atom. The van der Waals surface area contributed by atoms with Gasteiger partial charge in [-0.05, 0) is 35.8 Å². The molecule has 1 aromatic rings. The zero-order chi connectivity index (χ0) is 13.0. The summed E-state index contributed by atoms with van der Waals surface area (Å²) in [4.78, 5) is 0. The zero-order valence-corrected chi connectivity index (χ0v) is 12.1. The van der Waals surface area contributed by atoms with E-state index in [0.29, 0.717) is 5.92 Å². The van der Waals surface area contributed by atoms with Crippen LogP contribution in [0.25, 0.3) is 0 Å². The summed E-state index contributed by atoms with van der Waals surface area (Å²) < 4.78 is 5.09. The molecule has 1 aromatic carbocycles. The van der Waals surface area contributed by atoms with Crippen molar-refractivity contribution in [3.8, 4) is 0 Å². The number of methoxy groups -OCH3 is 1. The highest BCUT2D eigenvalue weighted by molar-refractivity contribution is 6.21. The van der Waals surface area contributed by atoms with Crippen LogP contribution in [0.3, 0.4) is 0 Å². The molecule has 0 bridgehead atoms. The van der Waals surface area contributed by atoms with E-state index in [2.05, 4.69) is 31.2 Å². The molecule has 0 amide bonds. The molecule has 2 rings (SSSR count). The molecule has 1 aliphatic carbocycles. The highest BCUT2D eigenvalue weighted by Crippen LogP contribution is 2.43. The van der Waals surface area contributed by atoms with Crippen molar-refractivity contribution >= 4 is 11.6 Å². The third-order valence-corrected chi connectivity index (χ3v) is 4.77. The predicted molar refractivity (Wildman–Crippen MR) is 77.1 cm³/mol. The monoisotopic (exact) mass is 266 g/mol. The molecule has 0 spiro atoms. The summed E-state index contributed by atoms with van der Waals surface area (Å²) >= 11 is 6.64. The lowest BCUT2D eigenvalue weighted by atomic mass is 9.90. The molecular weight excluding hydrogens is 244 g/mol. The Bertz CT molecular complexity index is 360. The van der Waals surface area contributed by atoms with Crippen LogP contribution in [0.2, 0.25) is 0 Å². The lowest BCUT2D eigenvalue weighted by molar-refractivity contribution is 0.202. The minimum atomic E-state index is 0.180. The third kappa shape index (κ3) is 3.27. The van der Waals surface area contributed by atoms with Crippen molar-refractivity contribution in [2.75, 3.05) is 13.7 Å². The van der Waals surface area contributed by atoms with Crippen molar-refractivity contribution in [3.05, 3.63) is 35.4 Å². The molecule has 0 saturated heterocycles. The first-order chi connectivity index (χ1) is 8.72. The van der Waals surface area contributed by atoms with Crippen molar-refractivity contribution in [2.45, 2.75) is 38.0 Å². The normalized spacial score (nSPS) is 25.3. The predicted octanol–water partition coefficient (Wildman–Crippen LogP) is 4.59. The van der Waals surface area contributed by atoms with E-state index in [4.69, 9.17) is 16.3 Å². The Hall–Kier alpha value is -0.530. The molecule has 2 heteroatoms. The molecule has 1 aliphatic rings. The number of benzene rings is 1. The Kier molecular flexibility index (Phi) is 5.08. The van der Waals surface area contributed by atoms with Crippen LogP contribution >= 0.6 is 11.6 Å². The lowest BCUT2D eigenvalue weighted by Crippen LogP contribution is -2.11. The fourth-order valence-electron chi connectivity index (χ4n) is 2.94. The molecule has 18 heavy (non-hydrogen) atoms. The van der Waals surface area contributed by atoms with Crippen LogP contribution < -0.4 is 0 Å². The van der Waals surface area contributed by atoms with Gasteiger partial charge in [-0.15, -0.1) is 11.6 Å². The molecule has 1 nitrogen and oxygen atoms in total. The Morgan fingerprint density at radius 1 is 1.28 bits per heavy atom. The highest BCUT2D eigenvalue weighted by atomic mass is 35.5. The van der Waals surface area contributed by atoms with Gasteiger partial charge in [0.25, 0.3) is 0 Å². The van der Waals surface area contributed by atoms with E-state index in [0.717, 1.165) is 18.9 Å². The van der Waals surface area contributed by atoms with Crippen LogP contribution in [0.1, 0.15) is 42.7 Å². The molecule has 0 aromatic heterocycles. The van der Waals surface area contributed by atoms with Gasteiger partial charge in [0.15, 0.2) is 0 Å². The van der Waals surface area contributed by atoms with Crippen molar-refractivity contribution < 1.29 is 4.74 Å². The molecule has 3 atom stereocenters. The van der Waals surface area contributed by atoms with Crippen LogP contribution in [0.5, 0.6) is 0 Å². The average molecular weight is 267 g/mol. The third-order valence-electron chi connectivity index (χ3n) is 4.20. The smallest absolute Gasteiger partial charge is 0.0615 e. The fourth-order valence-corrected chi connectivity index (χ4v) is 3.46. The molecule has 0 radical (unpaired) electrons. The second-order valence-electron chi connectivity index (χ2n) is 5.46. The molecular formula is C16H23ClO. The second-order valence-corrected chi connectivity index (χ2v) is 5.93. The van der Waals surface area contributed by atoms with Gasteiger partial charge in [-0.25, -0.2) is 0 Å². The summed E-state index contributed by atoms with van der Waals surface area (Å²) in [5.74, 6) is 1.41. The maximum Gasteiger partial charge on any atom is 0.0615 e. The summed E-state index contributed by atoms with van der Waals surface area (Å²) in [6.07, 6.45) is 4.92. The first-order valence-corrected chi connectivity index (χ1v) is 7.38. The number of hydrogen-bond donors (Lipinski definition) is 0. The number of alkyl halides is 1. The van der Waals surface area contributed by atoms with E-state index < -0.39 is 0 Å². The molecule has 3 unspecified atom stereocenters. The van der Waals surface area contributed by atoms with Crippen molar-refractivity contribution in [1.82, 2.24) is 0 Å². The van der Waals surface area contributed by atoms with Crippen molar-refractivity contribution in [1.29, 1.82) is 0 Å². The Balaban J connectivity index is 2.00. The number of rotatable bonds is 5. The van der Waals surface area contributed by atoms with E-state index in [1.165, 1.54) is 30.4 Å². The van der Waals surface area contributed by atoms with Crippen LogP contribution in [-0.2, 0) is 11.2 Å². The van der Waals surface area contributed by atoms with Crippen LogP contribution in [0.4, 0.5) is 0 Å². The summed E-state index contributed by atoms with van der Waals surface area (Å²) in [6.45, 7) is 3.11. The summed E-state index contributed by atoms with van der Waals surface area (Å²) in [6, 6.07) is 8.74. The Morgan fingerprint density at radius 3 is 2.56 bits per heavy atom. The van der Waals surface area contributed by atoms with Crippen molar-refractivity contribution in [3.63, 3.8) is 0 Å². The standard InChI is InChI=1S/C16H23ClO/c1-12-4-3-5-15(12)16(17)14-8-6-13(7-9-14)10-11-18-2/h6-9,12,15-16H,3-5,10-11H2,1-2H3. The van der Waals surface area contributed by atoms with Gasteiger partial charge >= 0.3 is 0 Å². The number of hydrogen-bond acceptors (Lipinski definition) is 1. The zero-order valence-electron chi connectivity index (χ0n) is 11.4. The SMILES string of the molecule is COCCc1ccc(C(Cl)C2CCCC2C)cc1. The van der Waals surface area contributed by atoms with E-state index >= 15 is 0 Å². The van der Waals surface area contributed by atoms with Gasteiger partial charge in [0.1, 0.15) is 0 Å². The first kappa shape index (κ1) is 13.9. The molecule has 0 N–H and O–H groups in total. The summed E-state index contributed by atoms with van der Waals surface area (Å²) in [5.41, 5.74) is 2.60. The van der Waals surface area contributed by atoms with Gasteiger partial charge < -0.3 is 4.74 Å². The van der Waals surface area contributed by atoms with E-state index in [1.807, 2.05) is 0 Å². The minimum Gasteiger partial charge on any atom is -0.384 e. The van der Waals surface area contributed by atoms with Gasteiger partial charge in [-0.1, -0.05) is 44.0 Å². The molecule has 0 aliphatic heterocycles. The molecule has 100 valence electrons. The van der Waals surface area contributed by atoms with Gasteiger partial charge in [0.2, 0.25) is 0 Å². The van der Waals surface area contributed by atoms with Crippen molar-refractivity contribution in [2.24, 2.45) is 11.8 Å². The summed E-state index contributed by atoms with van der Waals surface area (Å²) in [7, 11) is 1.74. The van der Waals surface area contributed by atoms with Gasteiger partial charge in [-0.3, -0.25) is 0 Å². The molecule has 1 fully saturated rings. The second kappa shape index (κ2) is 6.58. The topological polar surface area (TPSA) is 9.23 Å². The lowest BCUT2D eigenvalue weighted by Gasteiger charge is -2.22. The maximum atomic E-state index is 6.64. The largest absolute Gasteiger partial charge is 0.384 e. The minimum absolute atomic E-state index is 0.180. The highest BCUT2D eigenvalue weighted by Gasteiger charge is 2.30. The number of ether oxygens (including phenoxy) is 1. The van der Waals surface area contributed by atoms with Crippen LogP contribution in [0, 0.1) is 11.8 Å². The average Bonchev–Trinajstić information content (AvgIpc) is 2.82. The quantitative estimate of drug-likeness (QED) is 0.708. The van der Waals surface area contributed by atoms with E-state index in [-0.39, 0.29) is 5.38 Å². The molecule has 0 heterocycles. The fraction of sp³-hybridized carbons (Fsp3) is 0.625. The van der Waals surface area contributed by atoms with E-state index in [9.17, 15) is 0 Å². The van der Waals surface area contributed by atoms with Crippen LogP contribution in [0.15, 0.2) is 24.3 Å². The van der Waals surface area contributed by atoms with Gasteiger partial charge in [0, 0.05) is 7.11 Å².